The summed E-state index contributed by atoms with van der Waals surface area (Å²) in [7, 11) is -4.82. The van der Waals surface area contributed by atoms with E-state index in [4.69, 9.17) is 19.3 Å². The van der Waals surface area contributed by atoms with Crippen molar-refractivity contribution in [3.05, 3.63) is 24.3 Å². The highest BCUT2D eigenvalue weighted by Gasteiger charge is 2.39. The fourth-order valence-electron chi connectivity index (χ4n) is 7.85. The second kappa shape index (κ2) is 35.9. The van der Waals surface area contributed by atoms with Crippen LogP contribution in [0, 0.1) is 17.8 Å². The summed E-state index contributed by atoms with van der Waals surface area (Å²) in [5, 5.41) is 31.2. The molecule has 0 heterocycles. The van der Waals surface area contributed by atoms with E-state index in [-0.39, 0.29) is 31.3 Å². The van der Waals surface area contributed by atoms with Crippen molar-refractivity contribution in [3.8, 4) is 0 Å². The van der Waals surface area contributed by atoms with Crippen LogP contribution < -0.4 is 0 Å². The van der Waals surface area contributed by atoms with Crippen LogP contribution in [-0.2, 0) is 28.2 Å². The van der Waals surface area contributed by atoms with E-state index in [1.807, 2.05) is 18.2 Å². The summed E-state index contributed by atoms with van der Waals surface area (Å²) in [6, 6.07) is 0. The Morgan fingerprint density at radius 3 is 1.75 bits per heavy atom. The molecule has 0 amide bonds. The molecule has 0 aromatic carbocycles. The quantitative estimate of drug-likeness (QED) is 0.0172. The third-order valence-electron chi connectivity index (χ3n) is 11.5. The number of hydrogen-bond donors (Lipinski definition) is 5. The van der Waals surface area contributed by atoms with Gasteiger partial charge in [-0.25, -0.2) is 4.57 Å². The molecule has 0 bridgehead atoms. The number of esters is 2. The van der Waals surface area contributed by atoms with Crippen LogP contribution in [0.2, 0.25) is 0 Å². The molecule has 1 aliphatic rings. The molecule has 59 heavy (non-hydrogen) atoms. The minimum atomic E-state index is -4.82. The van der Waals surface area contributed by atoms with Gasteiger partial charge in [0, 0.05) is 25.2 Å². The lowest BCUT2D eigenvalue weighted by Gasteiger charge is -2.19. The van der Waals surface area contributed by atoms with Crippen molar-refractivity contribution in [3.63, 3.8) is 0 Å². The molecule has 0 unspecified atom stereocenters. The summed E-state index contributed by atoms with van der Waals surface area (Å²) in [5.41, 5.74) is 0. The average molecular weight is 859 g/mol. The van der Waals surface area contributed by atoms with Crippen LogP contribution in [0.25, 0.3) is 0 Å². The highest BCUT2D eigenvalue weighted by Crippen LogP contribution is 2.37. The minimum Gasteiger partial charge on any atom is -0.462 e. The molecule has 0 spiro atoms. The van der Waals surface area contributed by atoms with E-state index in [0.29, 0.717) is 38.5 Å². The summed E-state index contributed by atoms with van der Waals surface area (Å²) < 4.78 is 26.5. The number of carbonyl (C=O) groups is 2. The zero-order valence-electron chi connectivity index (χ0n) is 37.4. The Bertz CT molecular complexity index is 1140. The topological polar surface area (TPSA) is 180 Å². The number of phosphoric acid groups is 1. The number of phosphoric ester groups is 1. The first-order valence-corrected chi connectivity index (χ1v) is 25.3. The van der Waals surface area contributed by atoms with E-state index < -0.39 is 50.8 Å². The van der Waals surface area contributed by atoms with E-state index in [1.54, 1.807) is 6.08 Å². The summed E-state index contributed by atoms with van der Waals surface area (Å²) in [6.45, 7) is 5.76. The molecular weight excluding hydrogens is 771 g/mol. The predicted octanol–water partition coefficient (Wildman–Crippen LogP) is 11.0. The van der Waals surface area contributed by atoms with Crippen molar-refractivity contribution in [1.82, 2.24) is 0 Å². The van der Waals surface area contributed by atoms with Crippen molar-refractivity contribution >= 4 is 19.8 Å². The lowest BCUT2D eigenvalue weighted by molar-refractivity contribution is -0.161. The van der Waals surface area contributed by atoms with Gasteiger partial charge in [-0.05, 0) is 43.9 Å². The van der Waals surface area contributed by atoms with Gasteiger partial charge in [-0.3, -0.25) is 14.1 Å². The summed E-state index contributed by atoms with van der Waals surface area (Å²) in [6.07, 6.45) is 34.3. The predicted molar refractivity (Wildman–Crippen MR) is 237 cm³/mol. The van der Waals surface area contributed by atoms with Gasteiger partial charge in [0.1, 0.15) is 6.61 Å². The molecular formula is C47H87O11P. The minimum absolute atomic E-state index is 0.0927. The van der Waals surface area contributed by atoms with E-state index in [2.05, 4.69) is 25.3 Å². The highest BCUT2D eigenvalue weighted by atomic mass is 31.2. The molecule has 1 fully saturated rings. The molecule has 0 aliphatic heterocycles. The Kier molecular flexibility index (Phi) is 33.8. The highest BCUT2D eigenvalue weighted by molar-refractivity contribution is 7.46. The van der Waals surface area contributed by atoms with Crippen molar-refractivity contribution in [2.24, 2.45) is 17.8 Å². The monoisotopic (exact) mass is 859 g/mol. The number of unbranched alkanes of at least 4 members (excludes halogenated alkanes) is 20. The molecule has 1 aliphatic carbocycles. The molecule has 1 saturated carbocycles. The van der Waals surface area contributed by atoms with Gasteiger partial charge in [0.15, 0.2) is 6.10 Å². The molecule has 0 aromatic rings. The number of allylic oxidation sites excluding steroid dienone is 2. The SMILES string of the molecule is CCCCC[C@H](O)/C=C/[C@@H]1[C@@H](C/C=C/CCCC(=O)OC[C@H](COP(=O)(O)O)OC(=O)CCCCCCCCCCCCCCCCCCCCC(C)C)[C@@H](O)C[C@H]1O. The Balaban J connectivity index is 2.19. The van der Waals surface area contributed by atoms with Gasteiger partial charge in [-0.1, -0.05) is 180 Å². The van der Waals surface area contributed by atoms with Crippen LogP contribution in [0.4, 0.5) is 0 Å². The second-order valence-electron chi connectivity index (χ2n) is 17.5. The fraction of sp³-hybridized carbons (Fsp3) is 0.872. The number of ether oxygens (including phenoxy) is 2. The normalized spacial score (nSPS) is 19.6. The van der Waals surface area contributed by atoms with Gasteiger partial charge in [0.25, 0.3) is 0 Å². The van der Waals surface area contributed by atoms with Gasteiger partial charge in [0.05, 0.1) is 24.9 Å². The van der Waals surface area contributed by atoms with Gasteiger partial charge in [-0.2, -0.15) is 0 Å². The largest absolute Gasteiger partial charge is 0.469 e. The van der Waals surface area contributed by atoms with E-state index >= 15 is 0 Å². The maximum Gasteiger partial charge on any atom is 0.469 e. The van der Waals surface area contributed by atoms with Gasteiger partial charge >= 0.3 is 19.8 Å². The lowest BCUT2D eigenvalue weighted by Crippen LogP contribution is -2.29. The second-order valence-corrected chi connectivity index (χ2v) is 18.8. The van der Waals surface area contributed by atoms with Crippen molar-refractivity contribution < 1.29 is 53.3 Å². The Hall–Kier alpha value is -1.59. The van der Waals surface area contributed by atoms with Crippen LogP contribution in [0.3, 0.4) is 0 Å². The number of aliphatic hydroxyl groups excluding tert-OH is 3. The summed E-state index contributed by atoms with van der Waals surface area (Å²) >= 11 is 0. The Labute approximate surface area is 358 Å². The maximum atomic E-state index is 12.5. The first kappa shape index (κ1) is 55.4. The molecule has 0 saturated heterocycles. The number of rotatable bonds is 39. The number of hydrogen-bond acceptors (Lipinski definition) is 9. The third kappa shape index (κ3) is 32.7. The van der Waals surface area contributed by atoms with Crippen LogP contribution >= 0.6 is 7.82 Å². The van der Waals surface area contributed by atoms with Crippen molar-refractivity contribution in [2.75, 3.05) is 13.2 Å². The Morgan fingerprint density at radius 1 is 0.678 bits per heavy atom. The standard InChI is InChI=1S/C47H87O11P/c1-4-5-24-30-40(48)34-35-43-42(44(49)36-45(43)50)31-26-22-23-27-32-46(51)56-37-41(38-57-59(53,54)55)58-47(52)33-28-21-19-17-15-13-11-9-7-6-8-10-12-14-16-18-20-25-29-39(2)3/h22,26,34-35,39-45,48-50H,4-21,23-25,27-33,36-38H2,1-3H3,(H2,53,54,55)/b26-22+,35-34+/t40-,41+,42+,43+,44-,45+/m0/s1. The molecule has 0 aromatic heterocycles. The molecule has 346 valence electrons. The first-order chi connectivity index (χ1) is 28.3. The van der Waals surface area contributed by atoms with Crippen LogP contribution in [0.5, 0.6) is 0 Å². The smallest absolute Gasteiger partial charge is 0.462 e. The molecule has 0 radical (unpaired) electrons. The van der Waals surface area contributed by atoms with E-state index in [9.17, 15) is 29.5 Å². The van der Waals surface area contributed by atoms with Gasteiger partial charge in [0.2, 0.25) is 0 Å². The van der Waals surface area contributed by atoms with Crippen molar-refractivity contribution in [1.29, 1.82) is 0 Å². The fourth-order valence-corrected chi connectivity index (χ4v) is 8.21. The van der Waals surface area contributed by atoms with E-state index in [1.165, 1.54) is 96.3 Å². The zero-order chi connectivity index (χ0) is 43.6. The molecule has 11 nitrogen and oxygen atoms in total. The Morgan fingerprint density at radius 2 is 1.20 bits per heavy atom. The molecule has 5 N–H and O–H groups in total. The molecule has 6 atom stereocenters. The lowest BCUT2D eigenvalue weighted by atomic mass is 9.89. The van der Waals surface area contributed by atoms with Crippen LogP contribution in [0.1, 0.15) is 207 Å². The summed E-state index contributed by atoms with van der Waals surface area (Å²) in [4.78, 5) is 43.2. The molecule has 1 rings (SSSR count). The van der Waals surface area contributed by atoms with Crippen LogP contribution in [-0.4, -0.2) is 74.7 Å². The third-order valence-corrected chi connectivity index (χ3v) is 12.0. The van der Waals surface area contributed by atoms with Gasteiger partial charge in [-0.15, -0.1) is 0 Å². The zero-order valence-corrected chi connectivity index (χ0v) is 38.3. The van der Waals surface area contributed by atoms with Crippen molar-refractivity contribution in [2.45, 2.75) is 231 Å². The summed E-state index contributed by atoms with van der Waals surface area (Å²) in [5.74, 6) is -0.631. The molecule has 12 heteroatoms. The maximum absolute atomic E-state index is 12.5. The average Bonchev–Trinajstić information content (AvgIpc) is 3.45. The number of aliphatic hydroxyl groups is 3. The van der Waals surface area contributed by atoms with E-state index in [0.717, 1.165) is 44.4 Å². The first-order valence-electron chi connectivity index (χ1n) is 23.7. The van der Waals surface area contributed by atoms with Crippen LogP contribution in [0.15, 0.2) is 24.3 Å². The van der Waals surface area contributed by atoms with Gasteiger partial charge < -0.3 is 34.6 Å². The number of carbonyl (C=O) groups excluding carboxylic acids is 2.